The number of pyridine rings is 1. The van der Waals surface area contributed by atoms with Gasteiger partial charge in [-0.1, -0.05) is 30.0 Å². The molecule has 27 heavy (non-hydrogen) atoms. The fourth-order valence-electron chi connectivity index (χ4n) is 3.15. The molecular weight excluding hydrogens is 342 g/mol. The van der Waals surface area contributed by atoms with Crippen LogP contribution in [-0.2, 0) is 9.59 Å². The third-order valence-electron chi connectivity index (χ3n) is 4.68. The molecule has 1 aliphatic heterocycles. The number of aromatic nitrogens is 1. The van der Waals surface area contributed by atoms with Gasteiger partial charge in [0.2, 0.25) is 11.8 Å². The zero-order valence-corrected chi connectivity index (χ0v) is 15.4. The number of rotatable bonds is 4. The maximum Gasteiger partial charge on any atom is 0.223 e. The van der Waals surface area contributed by atoms with E-state index in [1.807, 2.05) is 30.3 Å². The first kappa shape index (κ1) is 18.7. The molecule has 0 bridgehead atoms. The molecule has 2 aromatic rings. The van der Waals surface area contributed by atoms with E-state index in [2.05, 4.69) is 22.1 Å². The molecule has 3 rings (SSSR count). The van der Waals surface area contributed by atoms with Gasteiger partial charge >= 0.3 is 0 Å². The minimum atomic E-state index is -0.0413. The summed E-state index contributed by atoms with van der Waals surface area (Å²) in [4.78, 5) is 29.6. The van der Waals surface area contributed by atoms with E-state index in [0.717, 1.165) is 10.9 Å². The minimum absolute atomic E-state index is 0.00618. The second-order valence-electron chi connectivity index (χ2n) is 6.47. The average molecular weight is 365 g/mol. The Kier molecular flexibility index (Phi) is 6.26. The van der Waals surface area contributed by atoms with E-state index in [-0.39, 0.29) is 24.3 Å². The molecule has 1 aromatic carbocycles. The van der Waals surface area contributed by atoms with Gasteiger partial charge in [0.05, 0.1) is 6.54 Å². The first-order chi connectivity index (χ1) is 13.1. The van der Waals surface area contributed by atoms with Gasteiger partial charge in [-0.25, -0.2) is 0 Å². The number of nitrogens with zero attached hydrogens (tertiary/aromatic N) is 2. The molecule has 2 amide bonds. The summed E-state index contributed by atoms with van der Waals surface area (Å²) >= 11 is 0. The SMILES string of the molecule is CC(=O)N1CCC(C(=O)NCC#CCOc2cccc3cccnc23)CC1. The molecule has 1 aliphatic rings. The Morgan fingerprint density at radius 3 is 2.78 bits per heavy atom. The third kappa shape index (κ3) is 4.98. The number of para-hydroxylation sites is 1. The van der Waals surface area contributed by atoms with Gasteiger partial charge in [-0.15, -0.1) is 0 Å². The molecular formula is C21H23N3O3. The number of carbonyl (C=O) groups is 2. The molecule has 0 radical (unpaired) electrons. The second-order valence-corrected chi connectivity index (χ2v) is 6.47. The van der Waals surface area contributed by atoms with Crippen molar-refractivity contribution in [2.75, 3.05) is 26.2 Å². The minimum Gasteiger partial charge on any atom is -0.479 e. The van der Waals surface area contributed by atoms with E-state index >= 15 is 0 Å². The molecule has 6 nitrogen and oxygen atoms in total. The highest BCUT2D eigenvalue weighted by molar-refractivity contribution is 5.84. The van der Waals surface area contributed by atoms with Gasteiger partial charge in [-0.3, -0.25) is 14.6 Å². The van der Waals surface area contributed by atoms with Crippen molar-refractivity contribution in [3.05, 3.63) is 36.5 Å². The molecule has 0 atom stereocenters. The monoisotopic (exact) mass is 365 g/mol. The quantitative estimate of drug-likeness (QED) is 0.841. The summed E-state index contributed by atoms with van der Waals surface area (Å²) in [6.07, 6.45) is 3.14. The number of carbonyl (C=O) groups excluding carboxylic acids is 2. The Labute approximate surface area is 158 Å². The standard InChI is InChI=1S/C21H23N3O3/c1-16(25)24-13-9-18(10-14-24)21(26)23-11-2-3-15-27-19-8-4-6-17-7-5-12-22-20(17)19/h4-8,12,18H,9-11,13-15H2,1H3,(H,23,26). The summed E-state index contributed by atoms with van der Waals surface area (Å²) in [5, 5.41) is 3.86. The number of benzene rings is 1. The molecule has 1 saturated heterocycles. The summed E-state index contributed by atoms with van der Waals surface area (Å²) in [5.41, 5.74) is 0.812. The van der Waals surface area contributed by atoms with Crippen LogP contribution in [0.4, 0.5) is 0 Å². The van der Waals surface area contributed by atoms with Crippen molar-refractivity contribution >= 4 is 22.7 Å². The van der Waals surface area contributed by atoms with Gasteiger partial charge in [-0.2, -0.15) is 0 Å². The highest BCUT2D eigenvalue weighted by atomic mass is 16.5. The Bertz CT molecular complexity index is 872. The van der Waals surface area contributed by atoms with Crippen LogP contribution in [0.3, 0.4) is 0 Å². The number of ether oxygens (including phenoxy) is 1. The molecule has 0 spiro atoms. The number of nitrogens with one attached hydrogen (secondary N) is 1. The van der Waals surface area contributed by atoms with Crippen LogP contribution >= 0.6 is 0 Å². The largest absolute Gasteiger partial charge is 0.479 e. The van der Waals surface area contributed by atoms with E-state index < -0.39 is 0 Å². The van der Waals surface area contributed by atoms with Crippen LogP contribution < -0.4 is 10.1 Å². The van der Waals surface area contributed by atoms with E-state index in [1.165, 1.54) is 0 Å². The fourth-order valence-corrected chi connectivity index (χ4v) is 3.15. The van der Waals surface area contributed by atoms with Crippen molar-refractivity contribution in [3.63, 3.8) is 0 Å². The maximum atomic E-state index is 12.2. The van der Waals surface area contributed by atoms with E-state index in [0.29, 0.717) is 38.2 Å². The van der Waals surface area contributed by atoms with Crippen molar-refractivity contribution in [2.24, 2.45) is 5.92 Å². The number of amides is 2. The molecule has 1 aromatic heterocycles. The van der Waals surface area contributed by atoms with E-state index in [4.69, 9.17) is 4.74 Å². The predicted molar refractivity (Wildman–Crippen MR) is 103 cm³/mol. The van der Waals surface area contributed by atoms with Crippen molar-refractivity contribution < 1.29 is 14.3 Å². The van der Waals surface area contributed by atoms with Crippen LogP contribution in [0.15, 0.2) is 36.5 Å². The number of likely N-dealkylation sites (tertiary alicyclic amines) is 1. The van der Waals surface area contributed by atoms with E-state index in [1.54, 1.807) is 18.0 Å². The van der Waals surface area contributed by atoms with Crippen LogP contribution in [0.1, 0.15) is 19.8 Å². The van der Waals surface area contributed by atoms with Gasteiger partial charge in [0, 0.05) is 37.5 Å². The van der Waals surface area contributed by atoms with Crippen molar-refractivity contribution in [1.82, 2.24) is 15.2 Å². The average Bonchev–Trinajstić information content (AvgIpc) is 2.70. The van der Waals surface area contributed by atoms with Gasteiger partial charge < -0.3 is 15.0 Å². The lowest BCUT2D eigenvalue weighted by atomic mass is 9.96. The zero-order valence-electron chi connectivity index (χ0n) is 15.4. The van der Waals surface area contributed by atoms with Crippen molar-refractivity contribution in [1.29, 1.82) is 0 Å². The van der Waals surface area contributed by atoms with E-state index in [9.17, 15) is 9.59 Å². The lowest BCUT2D eigenvalue weighted by Crippen LogP contribution is -2.42. The predicted octanol–water partition coefficient (Wildman–Crippen LogP) is 1.99. The zero-order chi connectivity index (χ0) is 19.1. The summed E-state index contributed by atoms with van der Waals surface area (Å²) in [6, 6.07) is 9.64. The van der Waals surface area contributed by atoms with Gasteiger partial charge in [-0.05, 0) is 25.0 Å². The topological polar surface area (TPSA) is 71.5 Å². The molecule has 0 saturated carbocycles. The molecule has 6 heteroatoms. The van der Waals surface area contributed by atoms with Crippen LogP contribution in [0.2, 0.25) is 0 Å². The Balaban J connectivity index is 1.41. The molecule has 1 fully saturated rings. The molecule has 0 unspecified atom stereocenters. The maximum absolute atomic E-state index is 12.2. The number of piperidine rings is 1. The van der Waals surface area contributed by atoms with Crippen LogP contribution in [0, 0.1) is 17.8 Å². The van der Waals surface area contributed by atoms with Gasteiger partial charge in [0.1, 0.15) is 17.9 Å². The molecule has 2 heterocycles. The van der Waals surface area contributed by atoms with Crippen molar-refractivity contribution in [2.45, 2.75) is 19.8 Å². The molecule has 1 N–H and O–H groups in total. The van der Waals surface area contributed by atoms with Crippen LogP contribution in [-0.4, -0.2) is 47.9 Å². The highest BCUT2D eigenvalue weighted by Gasteiger charge is 2.25. The number of hydrogen-bond acceptors (Lipinski definition) is 4. The Morgan fingerprint density at radius 2 is 2.00 bits per heavy atom. The summed E-state index contributed by atoms with van der Waals surface area (Å²) < 4.78 is 5.69. The first-order valence-corrected chi connectivity index (χ1v) is 9.10. The number of hydrogen-bond donors (Lipinski definition) is 1. The summed E-state index contributed by atoms with van der Waals surface area (Å²) in [5.74, 6) is 6.55. The summed E-state index contributed by atoms with van der Waals surface area (Å²) in [6.45, 7) is 3.38. The Morgan fingerprint density at radius 1 is 1.22 bits per heavy atom. The molecule has 0 aliphatic carbocycles. The highest BCUT2D eigenvalue weighted by Crippen LogP contribution is 2.22. The van der Waals surface area contributed by atoms with Crippen LogP contribution in [0.25, 0.3) is 10.9 Å². The van der Waals surface area contributed by atoms with Crippen LogP contribution in [0.5, 0.6) is 5.75 Å². The third-order valence-corrected chi connectivity index (χ3v) is 4.68. The number of fused-ring (bicyclic) bond motifs is 1. The fraction of sp³-hybridized carbons (Fsp3) is 0.381. The summed E-state index contributed by atoms with van der Waals surface area (Å²) in [7, 11) is 0. The lowest BCUT2D eigenvalue weighted by Gasteiger charge is -2.30. The first-order valence-electron chi connectivity index (χ1n) is 9.10. The normalized spacial score (nSPS) is 14.3. The lowest BCUT2D eigenvalue weighted by molar-refractivity contribution is -0.133. The van der Waals surface area contributed by atoms with Gasteiger partial charge in [0.25, 0.3) is 0 Å². The van der Waals surface area contributed by atoms with Crippen molar-refractivity contribution in [3.8, 4) is 17.6 Å². The molecule has 140 valence electrons. The smallest absolute Gasteiger partial charge is 0.223 e. The Hall–Kier alpha value is -3.07. The van der Waals surface area contributed by atoms with Gasteiger partial charge in [0.15, 0.2) is 0 Å². The second kappa shape index (κ2) is 9.04.